The first kappa shape index (κ1) is 8.65. The van der Waals surface area contributed by atoms with Crippen LogP contribution in [0, 0.1) is 0 Å². The lowest BCUT2D eigenvalue weighted by Gasteiger charge is -1.89. The monoisotopic (exact) mass is 162 g/mol. The van der Waals surface area contributed by atoms with Crippen molar-refractivity contribution in [3.8, 4) is 0 Å². The molecule has 1 aromatic heterocycles. The number of aromatic nitrogens is 1. The van der Waals surface area contributed by atoms with E-state index in [0.717, 1.165) is 5.56 Å². The van der Waals surface area contributed by atoms with Gasteiger partial charge in [0, 0.05) is 11.6 Å². The zero-order chi connectivity index (χ0) is 8.97. The number of carbonyl (C=O) groups is 1. The largest absolute Gasteiger partial charge is 0.295 e. The van der Waals surface area contributed by atoms with Crippen LogP contribution in [0.2, 0.25) is 0 Å². The van der Waals surface area contributed by atoms with Crippen LogP contribution < -0.4 is 4.57 Å². The van der Waals surface area contributed by atoms with Crippen LogP contribution in [0.15, 0.2) is 30.6 Å². The van der Waals surface area contributed by atoms with Gasteiger partial charge in [-0.25, -0.2) is 4.57 Å². The highest BCUT2D eigenvalue weighted by atomic mass is 16.1. The lowest BCUT2D eigenvalue weighted by Crippen LogP contribution is -2.26. The molecule has 1 rings (SSSR count). The van der Waals surface area contributed by atoms with Crippen molar-refractivity contribution in [2.24, 2.45) is 7.05 Å². The van der Waals surface area contributed by atoms with E-state index in [1.54, 1.807) is 13.0 Å². The van der Waals surface area contributed by atoms with E-state index in [0.29, 0.717) is 0 Å². The Balaban J connectivity index is 2.83. The molecule has 1 aromatic rings. The first-order valence-corrected chi connectivity index (χ1v) is 3.82. The van der Waals surface area contributed by atoms with Crippen molar-refractivity contribution in [1.29, 1.82) is 0 Å². The molecular formula is C10H12NO+. The second kappa shape index (κ2) is 3.81. The van der Waals surface area contributed by atoms with E-state index in [1.165, 1.54) is 0 Å². The Labute approximate surface area is 72.2 Å². The summed E-state index contributed by atoms with van der Waals surface area (Å²) >= 11 is 0. The van der Waals surface area contributed by atoms with Gasteiger partial charge in [0.2, 0.25) is 0 Å². The Kier molecular flexibility index (Phi) is 2.75. The summed E-state index contributed by atoms with van der Waals surface area (Å²) in [7, 11) is 1.95. The van der Waals surface area contributed by atoms with Crippen molar-refractivity contribution in [1.82, 2.24) is 0 Å². The van der Waals surface area contributed by atoms with Gasteiger partial charge in [-0.2, -0.15) is 0 Å². The number of aryl methyl sites for hydroxylation is 1. The van der Waals surface area contributed by atoms with E-state index in [9.17, 15) is 4.79 Å². The number of rotatable bonds is 2. The molecule has 0 amide bonds. The van der Waals surface area contributed by atoms with Crippen LogP contribution in [0.4, 0.5) is 0 Å². The SMILES string of the molecule is CC(=O)C=Cc1ccc[n+](C)c1. The minimum atomic E-state index is 0.0708. The summed E-state index contributed by atoms with van der Waals surface area (Å²) in [5.74, 6) is 0.0708. The highest BCUT2D eigenvalue weighted by molar-refractivity contribution is 5.91. The average Bonchev–Trinajstić information content (AvgIpc) is 2.01. The third-order valence-electron chi connectivity index (χ3n) is 1.47. The van der Waals surface area contributed by atoms with E-state index < -0.39 is 0 Å². The third kappa shape index (κ3) is 2.66. The van der Waals surface area contributed by atoms with E-state index in [4.69, 9.17) is 0 Å². The van der Waals surface area contributed by atoms with Gasteiger partial charge in [0.15, 0.2) is 18.2 Å². The van der Waals surface area contributed by atoms with E-state index in [2.05, 4.69) is 0 Å². The summed E-state index contributed by atoms with van der Waals surface area (Å²) in [5.41, 5.74) is 1.04. The molecule has 0 spiro atoms. The maximum atomic E-state index is 10.6. The maximum Gasteiger partial charge on any atom is 0.175 e. The van der Waals surface area contributed by atoms with Gasteiger partial charge in [-0.3, -0.25) is 4.79 Å². The number of hydrogen-bond acceptors (Lipinski definition) is 1. The molecule has 2 nitrogen and oxygen atoms in total. The molecule has 62 valence electrons. The van der Waals surface area contributed by atoms with Crippen molar-refractivity contribution in [2.75, 3.05) is 0 Å². The number of pyridine rings is 1. The Hall–Kier alpha value is -1.44. The molecule has 0 aromatic carbocycles. The summed E-state index contributed by atoms with van der Waals surface area (Å²) in [5, 5.41) is 0. The molecule has 1 heterocycles. The van der Waals surface area contributed by atoms with Crippen LogP contribution in [0.1, 0.15) is 12.5 Å². The first-order chi connectivity index (χ1) is 5.68. The molecule has 0 bridgehead atoms. The van der Waals surface area contributed by atoms with Crippen LogP contribution in [0.25, 0.3) is 6.08 Å². The molecule has 0 aliphatic carbocycles. The number of allylic oxidation sites excluding steroid dienone is 1. The molecular weight excluding hydrogens is 150 g/mol. The third-order valence-corrected chi connectivity index (χ3v) is 1.47. The first-order valence-electron chi connectivity index (χ1n) is 3.82. The summed E-state index contributed by atoms with van der Waals surface area (Å²) in [6.45, 7) is 1.54. The summed E-state index contributed by atoms with van der Waals surface area (Å²) in [6.07, 6.45) is 7.28. The second-order valence-electron chi connectivity index (χ2n) is 2.75. The fourth-order valence-electron chi connectivity index (χ4n) is 0.923. The van der Waals surface area contributed by atoms with Crippen LogP contribution in [0.5, 0.6) is 0 Å². The number of nitrogens with zero attached hydrogens (tertiary/aromatic N) is 1. The minimum absolute atomic E-state index is 0.0708. The van der Waals surface area contributed by atoms with Crippen LogP contribution in [0.3, 0.4) is 0 Å². The molecule has 0 atom stereocenters. The molecule has 0 saturated carbocycles. The average molecular weight is 162 g/mol. The molecule has 0 aliphatic heterocycles. The molecule has 0 unspecified atom stereocenters. The zero-order valence-electron chi connectivity index (χ0n) is 7.32. The van der Waals surface area contributed by atoms with Gasteiger partial charge in [-0.1, -0.05) is 0 Å². The molecule has 0 saturated heterocycles. The Morgan fingerprint density at radius 1 is 1.58 bits per heavy atom. The van der Waals surface area contributed by atoms with Crippen LogP contribution >= 0.6 is 0 Å². The molecule has 0 N–H and O–H groups in total. The molecule has 0 radical (unpaired) electrons. The van der Waals surface area contributed by atoms with Gasteiger partial charge in [-0.05, 0) is 25.1 Å². The van der Waals surface area contributed by atoms with Gasteiger partial charge < -0.3 is 0 Å². The predicted octanol–water partition coefficient (Wildman–Crippen LogP) is 1.11. The summed E-state index contributed by atoms with van der Waals surface area (Å²) in [6, 6.07) is 3.90. The van der Waals surface area contributed by atoms with Crippen molar-refractivity contribution < 1.29 is 9.36 Å². The molecule has 2 heteroatoms. The van der Waals surface area contributed by atoms with Crippen molar-refractivity contribution in [3.63, 3.8) is 0 Å². The van der Waals surface area contributed by atoms with Gasteiger partial charge in [-0.15, -0.1) is 0 Å². The fraction of sp³-hybridized carbons (Fsp3) is 0.200. The lowest BCUT2D eigenvalue weighted by molar-refractivity contribution is -0.671. The zero-order valence-corrected chi connectivity index (χ0v) is 7.32. The quantitative estimate of drug-likeness (QED) is 0.471. The maximum absolute atomic E-state index is 10.6. The van der Waals surface area contributed by atoms with Crippen molar-refractivity contribution in [3.05, 3.63) is 36.2 Å². The molecule has 12 heavy (non-hydrogen) atoms. The highest BCUT2D eigenvalue weighted by Gasteiger charge is 1.92. The number of carbonyl (C=O) groups excluding carboxylic acids is 1. The van der Waals surface area contributed by atoms with Crippen LogP contribution in [-0.4, -0.2) is 5.78 Å². The van der Waals surface area contributed by atoms with Crippen molar-refractivity contribution in [2.45, 2.75) is 6.92 Å². The van der Waals surface area contributed by atoms with E-state index in [1.807, 2.05) is 42.2 Å². The Bertz CT molecular complexity index is 315. The van der Waals surface area contributed by atoms with E-state index >= 15 is 0 Å². The molecule has 0 fully saturated rings. The number of hydrogen-bond donors (Lipinski definition) is 0. The summed E-state index contributed by atoms with van der Waals surface area (Å²) in [4.78, 5) is 10.6. The van der Waals surface area contributed by atoms with E-state index in [-0.39, 0.29) is 5.78 Å². The van der Waals surface area contributed by atoms with Crippen LogP contribution in [-0.2, 0) is 11.8 Å². The van der Waals surface area contributed by atoms with Crippen molar-refractivity contribution >= 4 is 11.9 Å². The predicted molar refractivity (Wildman–Crippen MR) is 47.3 cm³/mol. The minimum Gasteiger partial charge on any atom is -0.295 e. The fourth-order valence-corrected chi connectivity index (χ4v) is 0.923. The topological polar surface area (TPSA) is 20.9 Å². The lowest BCUT2D eigenvalue weighted by atomic mass is 10.2. The smallest absolute Gasteiger partial charge is 0.175 e. The Morgan fingerprint density at radius 2 is 2.33 bits per heavy atom. The van der Waals surface area contributed by atoms with Gasteiger partial charge >= 0.3 is 0 Å². The normalized spacial score (nSPS) is 10.5. The standard InChI is InChI=1S/C10H12NO/c1-9(12)5-6-10-4-3-7-11(2)8-10/h3-8H,1-2H3/q+1. The second-order valence-corrected chi connectivity index (χ2v) is 2.75. The highest BCUT2D eigenvalue weighted by Crippen LogP contribution is 1.96. The Morgan fingerprint density at radius 3 is 2.92 bits per heavy atom. The van der Waals surface area contributed by atoms with Gasteiger partial charge in [0.05, 0.1) is 0 Å². The number of ketones is 1. The van der Waals surface area contributed by atoms with Gasteiger partial charge in [0.1, 0.15) is 7.05 Å². The van der Waals surface area contributed by atoms with Gasteiger partial charge in [0.25, 0.3) is 0 Å². The molecule has 0 aliphatic rings. The summed E-state index contributed by atoms with van der Waals surface area (Å²) < 4.78 is 1.94.